The maximum Gasteiger partial charge on any atom is 0.337 e. The van der Waals surface area contributed by atoms with Crippen LogP contribution in [0.3, 0.4) is 0 Å². The molecule has 19 heavy (non-hydrogen) atoms. The van der Waals surface area contributed by atoms with Crippen molar-refractivity contribution in [1.29, 1.82) is 0 Å². The number of hydrogen-bond donors (Lipinski definition) is 2. The van der Waals surface area contributed by atoms with Gasteiger partial charge in [0, 0.05) is 0 Å². The summed E-state index contributed by atoms with van der Waals surface area (Å²) in [4.78, 5) is 10.8. The van der Waals surface area contributed by atoms with E-state index in [4.69, 9.17) is 9.84 Å². The van der Waals surface area contributed by atoms with Gasteiger partial charge in [0.1, 0.15) is 5.75 Å². The molecular formula is C15H22O4. The minimum atomic E-state index is -1.50. The Kier molecular flexibility index (Phi) is 6.36. The molecule has 1 rings (SSSR count). The van der Waals surface area contributed by atoms with Crippen molar-refractivity contribution in [3.63, 3.8) is 0 Å². The highest BCUT2D eigenvalue weighted by atomic mass is 16.5. The lowest BCUT2D eigenvalue weighted by Gasteiger charge is -2.14. The first kappa shape index (κ1) is 15.5. The van der Waals surface area contributed by atoms with Crippen molar-refractivity contribution in [2.24, 2.45) is 0 Å². The molecule has 106 valence electrons. The second-order valence-electron chi connectivity index (χ2n) is 4.56. The first-order valence-corrected chi connectivity index (χ1v) is 6.76. The van der Waals surface area contributed by atoms with Crippen molar-refractivity contribution in [2.45, 2.75) is 45.6 Å². The van der Waals surface area contributed by atoms with Crippen LogP contribution in [0.4, 0.5) is 0 Å². The normalized spacial score (nSPS) is 12.2. The van der Waals surface area contributed by atoms with Gasteiger partial charge in [-0.25, -0.2) is 4.79 Å². The molecule has 1 aromatic carbocycles. The second-order valence-corrected chi connectivity index (χ2v) is 4.56. The zero-order chi connectivity index (χ0) is 14.3. The van der Waals surface area contributed by atoms with E-state index in [9.17, 15) is 9.90 Å². The van der Waals surface area contributed by atoms with E-state index in [1.807, 2.05) is 13.0 Å². The Morgan fingerprint density at radius 3 is 2.63 bits per heavy atom. The van der Waals surface area contributed by atoms with E-state index in [1.165, 1.54) is 0 Å². The number of carboxylic acids is 1. The Morgan fingerprint density at radius 1 is 1.32 bits per heavy atom. The number of aryl methyl sites for hydroxylation is 1. The number of aliphatic hydroxyl groups excluding tert-OH is 1. The molecule has 0 fully saturated rings. The van der Waals surface area contributed by atoms with E-state index in [-0.39, 0.29) is 0 Å². The van der Waals surface area contributed by atoms with E-state index in [0.29, 0.717) is 17.9 Å². The van der Waals surface area contributed by atoms with Crippen molar-refractivity contribution in [1.82, 2.24) is 0 Å². The van der Waals surface area contributed by atoms with Crippen LogP contribution in [0.5, 0.6) is 5.75 Å². The fourth-order valence-electron chi connectivity index (χ4n) is 1.80. The molecule has 4 nitrogen and oxygen atoms in total. The molecule has 1 atom stereocenters. The molecule has 0 saturated heterocycles. The highest BCUT2D eigenvalue weighted by molar-refractivity contribution is 5.74. The molecule has 1 aromatic rings. The van der Waals surface area contributed by atoms with Crippen LogP contribution in [0.2, 0.25) is 0 Å². The van der Waals surface area contributed by atoms with Gasteiger partial charge in [0.25, 0.3) is 0 Å². The van der Waals surface area contributed by atoms with Crippen LogP contribution >= 0.6 is 0 Å². The molecule has 0 aliphatic carbocycles. The Bertz CT molecular complexity index is 415. The summed E-state index contributed by atoms with van der Waals surface area (Å²) in [5.41, 5.74) is 1.43. The molecule has 0 aliphatic heterocycles. The number of aliphatic hydroxyl groups is 1. The molecule has 0 amide bonds. The summed E-state index contributed by atoms with van der Waals surface area (Å²) in [5, 5.41) is 18.4. The Morgan fingerprint density at radius 2 is 2.05 bits per heavy atom. The van der Waals surface area contributed by atoms with Crippen molar-refractivity contribution < 1.29 is 19.7 Å². The number of carbonyl (C=O) groups is 1. The van der Waals surface area contributed by atoms with Gasteiger partial charge in [0.05, 0.1) is 6.61 Å². The number of hydrogen-bond acceptors (Lipinski definition) is 3. The molecule has 0 radical (unpaired) electrons. The zero-order valence-electron chi connectivity index (χ0n) is 11.6. The van der Waals surface area contributed by atoms with Crippen LogP contribution in [0.1, 0.15) is 50.3 Å². The molecule has 0 heterocycles. The summed E-state index contributed by atoms with van der Waals surface area (Å²) in [6.45, 7) is 4.72. The summed E-state index contributed by atoms with van der Waals surface area (Å²) in [6, 6.07) is 5.14. The van der Waals surface area contributed by atoms with Gasteiger partial charge >= 0.3 is 5.97 Å². The summed E-state index contributed by atoms with van der Waals surface area (Å²) in [7, 11) is 0. The Labute approximate surface area is 114 Å². The number of benzene rings is 1. The summed E-state index contributed by atoms with van der Waals surface area (Å²) >= 11 is 0. The van der Waals surface area contributed by atoms with Gasteiger partial charge < -0.3 is 14.9 Å². The van der Waals surface area contributed by atoms with Gasteiger partial charge in [-0.1, -0.05) is 32.4 Å². The number of unbranched alkanes of at least 4 members (excludes halogenated alkanes) is 1. The molecule has 0 unspecified atom stereocenters. The predicted molar refractivity (Wildman–Crippen MR) is 73.4 cm³/mol. The van der Waals surface area contributed by atoms with Gasteiger partial charge in [-0.2, -0.15) is 0 Å². The Hall–Kier alpha value is -1.55. The number of ether oxygens (including phenoxy) is 1. The summed E-state index contributed by atoms with van der Waals surface area (Å²) < 4.78 is 5.65. The van der Waals surface area contributed by atoms with Crippen LogP contribution in [0, 0.1) is 0 Å². The van der Waals surface area contributed by atoms with Gasteiger partial charge in [0.15, 0.2) is 6.10 Å². The number of rotatable bonds is 8. The number of aliphatic carboxylic acids is 1. The van der Waals surface area contributed by atoms with Crippen molar-refractivity contribution in [3.8, 4) is 5.75 Å². The van der Waals surface area contributed by atoms with E-state index >= 15 is 0 Å². The lowest BCUT2D eigenvalue weighted by Crippen LogP contribution is -2.11. The van der Waals surface area contributed by atoms with Gasteiger partial charge in [0.2, 0.25) is 0 Å². The smallest absolute Gasteiger partial charge is 0.337 e. The third-order valence-electron chi connectivity index (χ3n) is 2.90. The van der Waals surface area contributed by atoms with Gasteiger partial charge in [-0.3, -0.25) is 0 Å². The van der Waals surface area contributed by atoms with Crippen LogP contribution in [-0.2, 0) is 11.2 Å². The van der Waals surface area contributed by atoms with E-state index in [2.05, 4.69) is 6.92 Å². The standard InChI is InChI=1S/C15H22O4/c1-3-5-6-11-7-8-12(14(16)15(17)18)10-13(11)19-9-4-2/h7-8,10,14,16H,3-6,9H2,1-2H3,(H,17,18)/t14-/m0/s1. The summed E-state index contributed by atoms with van der Waals surface area (Å²) in [6.07, 6.45) is 2.44. The van der Waals surface area contributed by atoms with Crippen molar-refractivity contribution in [2.75, 3.05) is 6.61 Å². The molecule has 0 saturated carbocycles. The molecule has 4 heteroatoms. The molecule has 2 N–H and O–H groups in total. The molecular weight excluding hydrogens is 244 g/mol. The van der Waals surface area contributed by atoms with Crippen LogP contribution in [0.15, 0.2) is 18.2 Å². The Balaban J connectivity index is 2.96. The molecule has 0 bridgehead atoms. The highest BCUT2D eigenvalue weighted by Gasteiger charge is 2.17. The third kappa shape index (κ3) is 4.56. The largest absolute Gasteiger partial charge is 0.493 e. The van der Waals surface area contributed by atoms with Gasteiger partial charge in [-0.15, -0.1) is 0 Å². The van der Waals surface area contributed by atoms with E-state index in [0.717, 1.165) is 31.2 Å². The number of carboxylic acid groups (broad SMARTS) is 1. The average Bonchev–Trinajstić information content (AvgIpc) is 2.42. The predicted octanol–water partition coefficient (Wildman–Crippen LogP) is 2.94. The SMILES string of the molecule is CCCCc1ccc([C@H](O)C(=O)O)cc1OCCC. The highest BCUT2D eigenvalue weighted by Crippen LogP contribution is 2.26. The fraction of sp³-hybridized carbons (Fsp3) is 0.533. The maximum atomic E-state index is 10.8. The van der Waals surface area contributed by atoms with E-state index < -0.39 is 12.1 Å². The molecule has 0 spiro atoms. The first-order chi connectivity index (χ1) is 9.10. The quantitative estimate of drug-likeness (QED) is 0.759. The minimum Gasteiger partial charge on any atom is -0.493 e. The van der Waals surface area contributed by atoms with E-state index in [1.54, 1.807) is 12.1 Å². The summed E-state index contributed by atoms with van der Waals surface area (Å²) in [5.74, 6) is -0.559. The average molecular weight is 266 g/mol. The van der Waals surface area contributed by atoms with Crippen LogP contribution in [0.25, 0.3) is 0 Å². The zero-order valence-corrected chi connectivity index (χ0v) is 11.6. The topological polar surface area (TPSA) is 66.8 Å². The molecule has 0 aliphatic rings. The lowest BCUT2D eigenvalue weighted by molar-refractivity contribution is -0.146. The van der Waals surface area contributed by atoms with Crippen LogP contribution < -0.4 is 4.74 Å². The van der Waals surface area contributed by atoms with Crippen molar-refractivity contribution in [3.05, 3.63) is 29.3 Å². The third-order valence-corrected chi connectivity index (χ3v) is 2.90. The lowest BCUT2D eigenvalue weighted by atomic mass is 10.0. The monoisotopic (exact) mass is 266 g/mol. The molecule has 0 aromatic heterocycles. The maximum absolute atomic E-state index is 10.8. The van der Waals surface area contributed by atoms with Gasteiger partial charge in [-0.05, 0) is 36.5 Å². The fourth-order valence-corrected chi connectivity index (χ4v) is 1.80. The van der Waals surface area contributed by atoms with Crippen molar-refractivity contribution >= 4 is 5.97 Å². The second kappa shape index (κ2) is 7.79. The van der Waals surface area contributed by atoms with Crippen LogP contribution in [-0.4, -0.2) is 22.8 Å². The first-order valence-electron chi connectivity index (χ1n) is 6.76. The minimum absolute atomic E-state index is 0.360.